The van der Waals surface area contributed by atoms with Crippen molar-refractivity contribution in [2.45, 2.75) is 19.4 Å². The van der Waals surface area contributed by atoms with E-state index < -0.39 is 11.9 Å². The smallest absolute Gasteiger partial charge is 0.414 e. The van der Waals surface area contributed by atoms with Crippen LogP contribution in [0.25, 0.3) is 0 Å². The molecule has 9 nitrogen and oxygen atoms in total. The highest BCUT2D eigenvalue weighted by Gasteiger charge is 2.30. The number of ether oxygens (including phenoxy) is 1. The maximum absolute atomic E-state index is 14.1. The van der Waals surface area contributed by atoms with Crippen LogP contribution in [0.15, 0.2) is 78.9 Å². The second kappa shape index (κ2) is 14.3. The van der Waals surface area contributed by atoms with Crippen LogP contribution >= 0.6 is 0 Å². The Labute approximate surface area is 238 Å². The first kappa shape index (κ1) is 29.5. The molecule has 2 aliphatic heterocycles. The number of carbonyl (C=O) groups excluding carboxylic acids is 1. The molecule has 5 rings (SSSR count). The van der Waals surface area contributed by atoms with Crippen molar-refractivity contribution in [3.8, 4) is 11.5 Å². The van der Waals surface area contributed by atoms with Crippen LogP contribution in [0.5, 0.6) is 11.5 Å². The summed E-state index contributed by atoms with van der Waals surface area (Å²) in [6.07, 6.45) is 1.76. The molecular weight excluding hydrogens is 529 g/mol. The number of anilines is 1. The van der Waals surface area contributed by atoms with Gasteiger partial charge in [-0.1, -0.05) is 42.5 Å². The highest BCUT2D eigenvalue weighted by molar-refractivity contribution is 6.27. The summed E-state index contributed by atoms with van der Waals surface area (Å²) in [5, 5.41) is 14.8. The van der Waals surface area contributed by atoms with Gasteiger partial charge in [-0.3, -0.25) is 9.69 Å². The number of halogens is 1. The van der Waals surface area contributed by atoms with Crippen LogP contribution in [-0.2, 0) is 20.9 Å². The number of hydrogen-bond donors (Lipinski definition) is 2. The Balaban J connectivity index is 0.000000585. The number of nitrogens with zero attached hydrogens (tertiary/aromatic N) is 3. The number of piperidine rings is 1. The summed E-state index contributed by atoms with van der Waals surface area (Å²) in [6.45, 7) is 5.34. The zero-order valence-electron chi connectivity index (χ0n) is 22.7. The molecule has 0 atom stereocenters. The topological polar surface area (TPSA) is 111 Å². The molecule has 2 heterocycles. The Morgan fingerprint density at radius 1 is 0.756 bits per heavy atom. The van der Waals surface area contributed by atoms with E-state index in [1.807, 2.05) is 64.4 Å². The van der Waals surface area contributed by atoms with Crippen molar-refractivity contribution in [1.82, 2.24) is 9.80 Å². The first-order chi connectivity index (χ1) is 19.8. The zero-order chi connectivity index (χ0) is 29.2. The van der Waals surface area contributed by atoms with Crippen molar-refractivity contribution < 1.29 is 33.7 Å². The zero-order valence-corrected chi connectivity index (χ0v) is 22.7. The molecule has 2 saturated heterocycles. The van der Waals surface area contributed by atoms with E-state index >= 15 is 0 Å². The number of para-hydroxylation sites is 2. The molecule has 3 aromatic rings. The number of carbonyl (C=O) groups is 3. The van der Waals surface area contributed by atoms with Crippen molar-refractivity contribution in [2.75, 3.05) is 44.2 Å². The molecule has 0 aliphatic carbocycles. The van der Waals surface area contributed by atoms with E-state index in [1.54, 1.807) is 6.07 Å². The molecule has 0 radical (unpaired) electrons. The van der Waals surface area contributed by atoms with Crippen LogP contribution in [0.4, 0.5) is 10.1 Å². The van der Waals surface area contributed by atoms with Gasteiger partial charge in [-0.15, -0.1) is 0 Å². The molecule has 2 fully saturated rings. The maximum Gasteiger partial charge on any atom is 0.414 e. The molecule has 1 amide bonds. The normalized spacial score (nSPS) is 15.9. The predicted molar refractivity (Wildman–Crippen MR) is 151 cm³/mol. The summed E-state index contributed by atoms with van der Waals surface area (Å²) in [5.41, 5.74) is 1.85. The van der Waals surface area contributed by atoms with Gasteiger partial charge in [0.1, 0.15) is 17.3 Å². The summed E-state index contributed by atoms with van der Waals surface area (Å²) >= 11 is 0. The number of carboxylic acids is 2. The van der Waals surface area contributed by atoms with E-state index in [-0.39, 0.29) is 17.6 Å². The van der Waals surface area contributed by atoms with E-state index in [0.717, 1.165) is 44.0 Å². The number of rotatable bonds is 6. The summed E-state index contributed by atoms with van der Waals surface area (Å²) in [5.74, 6) is -1.83. The fourth-order valence-electron chi connectivity index (χ4n) is 5.06. The molecule has 2 aliphatic rings. The lowest BCUT2D eigenvalue weighted by Gasteiger charge is -2.39. The Hall–Kier alpha value is -4.44. The number of benzene rings is 3. The van der Waals surface area contributed by atoms with Crippen molar-refractivity contribution in [3.05, 3.63) is 90.2 Å². The molecule has 2 N–H and O–H groups in total. The SMILES string of the molecule is O=C(C1CCN(Cc2cccc(Oc3ccccc3)c2)CC1)N1CCN(c2ccccc2F)CC1.O=C(O)C(=O)O. The average molecular weight is 564 g/mol. The van der Waals surface area contributed by atoms with Gasteiger partial charge in [0.2, 0.25) is 5.91 Å². The highest BCUT2D eigenvalue weighted by atomic mass is 19.1. The molecule has 0 spiro atoms. The monoisotopic (exact) mass is 563 g/mol. The average Bonchev–Trinajstić information content (AvgIpc) is 2.99. The van der Waals surface area contributed by atoms with E-state index in [9.17, 15) is 9.18 Å². The number of likely N-dealkylation sites (tertiary alicyclic amines) is 1. The third kappa shape index (κ3) is 8.52. The molecule has 0 unspecified atom stereocenters. The predicted octanol–water partition coefficient (Wildman–Crippen LogP) is 4.33. The second-order valence-electron chi connectivity index (χ2n) is 9.99. The number of carboxylic acid groups (broad SMARTS) is 2. The van der Waals surface area contributed by atoms with Crippen LogP contribution in [0, 0.1) is 11.7 Å². The first-order valence-electron chi connectivity index (χ1n) is 13.6. The third-order valence-corrected chi connectivity index (χ3v) is 7.19. The Kier molecular flexibility index (Phi) is 10.3. The van der Waals surface area contributed by atoms with Gasteiger partial charge in [0.05, 0.1) is 5.69 Å². The van der Waals surface area contributed by atoms with Gasteiger partial charge in [0.25, 0.3) is 0 Å². The summed E-state index contributed by atoms with van der Waals surface area (Å²) in [4.78, 5) is 37.8. The lowest BCUT2D eigenvalue weighted by atomic mass is 9.94. The quantitative estimate of drug-likeness (QED) is 0.427. The molecule has 0 aromatic heterocycles. The largest absolute Gasteiger partial charge is 0.473 e. The van der Waals surface area contributed by atoms with Crippen LogP contribution in [0.3, 0.4) is 0 Å². The molecule has 10 heteroatoms. The van der Waals surface area contributed by atoms with Gasteiger partial charge >= 0.3 is 11.9 Å². The Morgan fingerprint density at radius 3 is 2.00 bits per heavy atom. The van der Waals surface area contributed by atoms with E-state index in [1.165, 1.54) is 11.6 Å². The van der Waals surface area contributed by atoms with Gasteiger partial charge in [0, 0.05) is 38.6 Å². The summed E-state index contributed by atoms with van der Waals surface area (Å²) in [7, 11) is 0. The standard InChI is InChI=1S/C29H32FN3O2.C2H2O4/c30-27-11-4-5-12-28(27)32-17-19-33(20-18-32)29(34)24-13-15-31(16-14-24)22-23-7-6-10-26(21-23)35-25-8-2-1-3-9-25;3-1(4)2(5)6/h1-12,21,24H,13-20,22H2;(H,3,4)(H,5,6). The summed E-state index contributed by atoms with van der Waals surface area (Å²) in [6, 6.07) is 24.9. The molecule has 41 heavy (non-hydrogen) atoms. The van der Waals surface area contributed by atoms with Crippen LogP contribution < -0.4 is 9.64 Å². The Morgan fingerprint density at radius 2 is 1.37 bits per heavy atom. The molecule has 0 saturated carbocycles. The highest BCUT2D eigenvalue weighted by Crippen LogP contribution is 2.26. The minimum Gasteiger partial charge on any atom is -0.473 e. The molecular formula is C31H34FN3O6. The molecule has 3 aromatic carbocycles. The number of piperazine rings is 1. The van der Waals surface area contributed by atoms with Crippen LogP contribution in [-0.4, -0.2) is 77.1 Å². The van der Waals surface area contributed by atoms with E-state index in [4.69, 9.17) is 24.5 Å². The van der Waals surface area contributed by atoms with Gasteiger partial charge < -0.3 is 24.7 Å². The fraction of sp³-hybridized carbons (Fsp3) is 0.323. The van der Waals surface area contributed by atoms with Crippen LogP contribution in [0.1, 0.15) is 18.4 Å². The maximum atomic E-state index is 14.1. The second-order valence-corrected chi connectivity index (χ2v) is 9.99. The third-order valence-electron chi connectivity index (χ3n) is 7.19. The number of aliphatic carboxylic acids is 2. The van der Waals surface area contributed by atoms with Crippen LogP contribution in [0.2, 0.25) is 0 Å². The lowest BCUT2D eigenvalue weighted by Crippen LogP contribution is -2.51. The van der Waals surface area contributed by atoms with Crippen molar-refractivity contribution in [3.63, 3.8) is 0 Å². The van der Waals surface area contributed by atoms with E-state index in [0.29, 0.717) is 31.9 Å². The number of amides is 1. The van der Waals surface area contributed by atoms with Gasteiger partial charge in [-0.05, 0) is 67.9 Å². The van der Waals surface area contributed by atoms with Crippen molar-refractivity contribution >= 4 is 23.5 Å². The van der Waals surface area contributed by atoms with E-state index in [2.05, 4.69) is 17.0 Å². The molecule has 0 bridgehead atoms. The van der Waals surface area contributed by atoms with Gasteiger partial charge in [-0.25, -0.2) is 14.0 Å². The first-order valence-corrected chi connectivity index (χ1v) is 13.6. The van der Waals surface area contributed by atoms with Crippen molar-refractivity contribution in [2.24, 2.45) is 5.92 Å². The molecule has 216 valence electrons. The van der Waals surface area contributed by atoms with Gasteiger partial charge in [-0.2, -0.15) is 0 Å². The minimum atomic E-state index is -1.82. The lowest BCUT2D eigenvalue weighted by molar-refractivity contribution is -0.159. The van der Waals surface area contributed by atoms with Crippen molar-refractivity contribution in [1.29, 1.82) is 0 Å². The Bertz CT molecular complexity index is 1310. The van der Waals surface area contributed by atoms with Gasteiger partial charge in [0.15, 0.2) is 0 Å². The fourth-order valence-corrected chi connectivity index (χ4v) is 5.06. The number of hydrogen-bond acceptors (Lipinski definition) is 6. The minimum absolute atomic E-state index is 0.0824. The summed E-state index contributed by atoms with van der Waals surface area (Å²) < 4.78 is 20.1.